The molecule has 20 heavy (non-hydrogen) atoms. The van der Waals surface area contributed by atoms with Crippen LogP contribution in [0.1, 0.15) is 39.8 Å². The summed E-state index contributed by atoms with van der Waals surface area (Å²) >= 11 is 1.67. The minimum absolute atomic E-state index is 0.549. The van der Waals surface area contributed by atoms with Crippen LogP contribution in [0, 0.1) is 23.2 Å². The third-order valence-electron chi connectivity index (χ3n) is 2.75. The van der Waals surface area contributed by atoms with E-state index in [0.29, 0.717) is 18.3 Å². The molecule has 0 unspecified atom stereocenters. The Hall–Kier alpha value is -1.12. The van der Waals surface area contributed by atoms with E-state index in [-0.39, 0.29) is 0 Å². The van der Waals surface area contributed by atoms with Gasteiger partial charge in [-0.15, -0.1) is 11.3 Å². The summed E-state index contributed by atoms with van der Waals surface area (Å²) in [5, 5.41) is 15.3. The summed E-state index contributed by atoms with van der Waals surface area (Å²) in [7, 11) is 0. The minimum atomic E-state index is 0.549. The first-order valence-corrected chi connectivity index (χ1v) is 8.18. The Morgan fingerprint density at radius 1 is 1.35 bits per heavy atom. The van der Waals surface area contributed by atoms with Crippen molar-refractivity contribution in [3.05, 3.63) is 11.1 Å². The maximum atomic E-state index is 8.77. The van der Waals surface area contributed by atoms with E-state index in [4.69, 9.17) is 5.26 Å². The van der Waals surface area contributed by atoms with Crippen molar-refractivity contribution >= 4 is 16.5 Å². The molecule has 0 aliphatic rings. The number of nitrogens with one attached hydrogen (secondary N) is 1. The molecular weight excluding hydrogens is 268 g/mol. The fraction of sp³-hybridized carbons (Fsp3) is 0.733. The molecule has 1 heterocycles. The van der Waals surface area contributed by atoms with Crippen LogP contribution in [0.2, 0.25) is 0 Å². The van der Waals surface area contributed by atoms with Gasteiger partial charge in [-0.25, -0.2) is 4.98 Å². The Labute approximate surface area is 126 Å². The third-order valence-corrected chi connectivity index (χ3v) is 3.70. The average Bonchev–Trinajstić information content (AvgIpc) is 2.82. The zero-order chi connectivity index (χ0) is 15.0. The predicted octanol–water partition coefficient (Wildman–Crippen LogP) is 3.26. The topological polar surface area (TPSA) is 52.0 Å². The van der Waals surface area contributed by atoms with E-state index in [1.807, 2.05) is 0 Å². The Bertz CT molecular complexity index is 420. The molecular formula is C15H26N4S. The molecule has 0 atom stereocenters. The van der Waals surface area contributed by atoms with Crippen molar-refractivity contribution in [1.82, 2.24) is 10.3 Å². The lowest BCUT2D eigenvalue weighted by molar-refractivity contribution is 0.548. The quantitative estimate of drug-likeness (QED) is 0.759. The van der Waals surface area contributed by atoms with Gasteiger partial charge >= 0.3 is 0 Å². The van der Waals surface area contributed by atoms with Crippen molar-refractivity contribution in [2.75, 3.05) is 24.5 Å². The molecule has 0 amide bonds. The molecule has 0 aliphatic heterocycles. The molecule has 0 aromatic carbocycles. The van der Waals surface area contributed by atoms with Gasteiger partial charge in [-0.3, -0.25) is 0 Å². The molecule has 1 N–H and O–H groups in total. The van der Waals surface area contributed by atoms with E-state index >= 15 is 0 Å². The van der Waals surface area contributed by atoms with Gasteiger partial charge in [-0.2, -0.15) is 5.26 Å². The number of rotatable bonds is 9. The van der Waals surface area contributed by atoms with Crippen LogP contribution in [0.15, 0.2) is 5.38 Å². The smallest absolute Gasteiger partial charge is 0.185 e. The molecule has 0 saturated heterocycles. The number of anilines is 1. The fourth-order valence-corrected chi connectivity index (χ4v) is 2.76. The zero-order valence-corrected chi connectivity index (χ0v) is 13.8. The van der Waals surface area contributed by atoms with Crippen molar-refractivity contribution in [2.24, 2.45) is 11.8 Å². The van der Waals surface area contributed by atoms with Gasteiger partial charge in [-0.05, 0) is 18.4 Å². The van der Waals surface area contributed by atoms with Gasteiger partial charge in [0.2, 0.25) is 0 Å². The summed E-state index contributed by atoms with van der Waals surface area (Å²) < 4.78 is 0. The lowest BCUT2D eigenvalue weighted by atomic mass is 10.2. The standard InChI is InChI=1S/C15H26N4S/c1-12(2)8-17-9-14-11-20-15(18-14)19(7-5-6-16)10-13(3)4/h11-13,17H,5,7-10H2,1-4H3. The summed E-state index contributed by atoms with van der Waals surface area (Å²) in [6.45, 7) is 12.3. The molecule has 0 saturated carbocycles. The monoisotopic (exact) mass is 294 g/mol. The maximum Gasteiger partial charge on any atom is 0.185 e. The molecule has 1 aromatic rings. The van der Waals surface area contributed by atoms with Gasteiger partial charge < -0.3 is 10.2 Å². The van der Waals surface area contributed by atoms with Crippen LogP contribution < -0.4 is 10.2 Å². The number of aromatic nitrogens is 1. The normalized spacial score (nSPS) is 11.1. The number of nitriles is 1. The van der Waals surface area contributed by atoms with E-state index < -0.39 is 0 Å². The molecule has 112 valence electrons. The first-order valence-electron chi connectivity index (χ1n) is 7.30. The van der Waals surface area contributed by atoms with Crippen LogP contribution in [-0.2, 0) is 6.54 Å². The van der Waals surface area contributed by atoms with E-state index in [1.54, 1.807) is 11.3 Å². The summed E-state index contributed by atoms with van der Waals surface area (Å²) in [6.07, 6.45) is 0.549. The van der Waals surface area contributed by atoms with Gasteiger partial charge in [0, 0.05) is 25.0 Å². The van der Waals surface area contributed by atoms with E-state index in [2.05, 4.69) is 54.3 Å². The SMILES string of the molecule is CC(C)CNCc1csc(N(CCC#N)CC(C)C)n1. The lowest BCUT2D eigenvalue weighted by Gasteiger charge is -2.22. The highest BCUT2D eigenvalue weighted by Gasteiger charge is 2.12. The molecule has 1 aromatic heterocycles. The highest BCUT2D eigenvalue weighted by atomic mass is 32.1. The first-order chi connectivity index (χ1) is 9.52. The van der Waals surface area contributed by atoms with Crippen molar-refractivity contribution in [1.29, 1.82) is 5.26 Å². The number of hydrogen-bond acceptors (Lipinski definition) is 5. The molecule has 0 radical (unpaired) electrons. The molecule has 0 bridgehead atoms. The van der Waals surface area contributed by atoms with E-state index in [1.165, 1.54) is 0 Å². The van der Waals surface area contributed by atoms with Gasteiger partial charge in [0.15, 0.2) is 5.13 Å². The van der Waals surface area contributed by atoms with Crippen LogP contribution in [0.4, 0.5) is 5.13 Å². The highest BCUT2D eigenvalue weighted by molar-refractivity contribution is 7.13. The Morgan fingerprint density at radius 2 is 2.10 bits per heavy atom. The molecule has 0 spiro atoms. The molecule has 0 aliphatic carbocycles. The largest absolute Gasteiger partial charge is 0.347 e. The summed E-state index contributed by atoms with van der Waals surface area (Å²) in [5.41, 5.74) is 1.09. The minimum Gasteiger partial charge on any atom is -0.347 e. The van der Waals surface area contributed by atoms with Crippen LogP contribution in [0.25, 0.3) is 0 Å². The van der Waals surface area contributed by atoms with Crippen molar-refractivity contribution in [3.63, 3.8) is 0 Å². The number of nitrogens with zero attached hydrogens (tertiary/aromatic N) is 3. The molecule has 0 fully saturated rings. The summed E-state index contributed by atoms with van der Waals surface area (Å²) in [5.74, 6) is 1.22. The molecule has 4 nitrogen and oxygen atoms in total. The Balaban J connectivity index is 2.58. The fourth-order valence-electron chi connectivity index (χ4n) is 1.90. The highest BCUT2D eigenvalue weighted by Crippen LogP contribution is 2.21. The number of hydrogen-bond donors (Lipinski definition) is 1. The van der Waals surface area contributed by atoms with Crippen molar-refractivity contribution in [2.45, 2.75) is 40.7 Å². The second kappa shape index (κ2) is 8.93. The number of thiazole rings is 1. The maximum absolute atomic E-state index is 8.77. The summed E-state index contributed by atoms with van der Waals surface area (Å²) in [4.78, 5) is 6.91. The summed E-state index contributed by atoms with van der Waals surface area (Å²) in [6, 6.07) is 2.22. The van der Waals surface area contributed by atoms with Crippen LogP contribution >= 0.6 is 11.3 Å². The van der Waals surface area contributed by atoms with E-state index in [9.17, 15) is 0 Å². The van der Waals surface area contributed by atoms with Gasteiger partial charge in [0.05, 0.1) is 18.2 Å². The Kier molecular flexibility index (Phi) is 7.56. The predicted molar refractivity (Wildman–Crippen MR) is 85.9 cm³/mol. The van der Waals surface area contributed by atoms with Crippen molar-refractivity contribution < 1.29 is 0 Å². The third kappa shape index (κ3) is 6.36. The second-order valence-electron chi connectivity index (χ2n) is 5.89. The second-order valence-corrected chi connectivity index (χ2v) is 6.73. The van der Waals surface area contributed by atoms with Crippen LogP contribution in [0.5, 0.6) is 0 Å². The van der Waals surface area contributed by atoms with E-state index in [0.717, 1.165) is 37.0 Å². The van der Waals surface area contributed by atoms with Gasteiger partial charge in [0.25, 0.3) is 0 Å². The van der Waals surface area contributed by atoms with Crippen molar-refractivity contribution in [3.8, 4) is 6.07 Å². The van der Waals surface area contributed by atoms with Crippen LogP contribution in [-0.4, -0.2) is 24.6 Å². The van der Waals surface area contributed by atoms with Gasteiger partial charge in [-0.1, -0.05) is 27.7 Å². The lowest BCUT2D eigenvalue weighted by Crippen LogP contribution is -2.28. The molecule has 1 rings (SSSR count). The van der Waals surface area contributed by atoms with Crippen LogP contribution in [0.3, 0.4) is 0 Å². The molecule has 5 heteroatoms. The average molecular weight is 294 g/mol. The Morgan fingerprint density at radius 3 is 2.70 bits per heavy atom. The van der Waals surface area contributed by atoms with Gasteiger partial charge in [0.1, 0.15) is 0 Å². The zero-order valence-electron chi connectivity index (χ0n) is 13.0. The first kappa shape index (κ1) is 16.9.